The summed E-state index contributed by atoms with van der Waals surface area (Å²) in [6.07, 6.45) is 0.747. The minimum absolute atomic E-state index is 0.253. The Bertz CT molecular complexity index is 640. The zero-order valence-corrected chi connectivity index (χ0v) is 15.1. The van der Waals surface area contributed by atoms with Crippen molar-refractivity contribution in [2.45, 2.75) is 45.7 Å². The van der Waals surface area contributed by atoms with Crippen molar-refractivity contribution in [1.82, 2.24) is 10.6 Å². The van der Waals surface area contributed by atoms with Gasteiger partial charge in [-0.2, -0.15) is 0 Å². The first kappa shape index (κ1) is 18.4. The number of nitrogens with one attached hydrogen (secondary N) is 2. The molecule has 0 saturated heterocycles. The number of halogens is 1. The zero-order valence-electron chi connectivity index (χ0n) is 14.4. The fourth-order valence-corrected chi connectivity index (χ4v) is 2.45. The van der Waals surface area contributed by atoms with Crippen molar-refractivity contribution >= 4 is 23.4 Å². The second kappa shape index (κ2) is 7.30. The van der Waals surface area contributed by atoms with Crippen molar-refractivity contribution in [3.8, 4) is 11.5 Å². The highest BCUT2D eigenvalue weighted by molar-refractivity contribution is 6.32. The number of rotatable bonds is 3. The lowest BCUT2D eigenvalue weighted by Gasteiger charge is -2.23. The lowest BCUT2D eigenvalue weighted by atomic mass is 10.1. The van der Waals surface area contributed by atoms with Crippen LogP contribution in [0.3, 0.4) is 0 Å². The standard InChI is InChI=1S/C17H23ClN2O4/c1-10(15(21)20-17(2,3)4)19-16(22)11-8-12(18)14-13(9-11)23-6-5-7-24-14/h8-10H,5-7H2,1-4H3,(H,19,22)(H,20,21). The van der Waals surface area contributed by atoms with Gasteiger partial charge in [-0.15, -0.1) is 0 Å². The summed E-state index contributed by atoms with van der Waals surface area (Å²) in [5.41, 5.74) is -0.0473. The van der Waals surface area contributed by atoms with Crippen LogP contribution in [0.5, 0.6) is 11.5 Å². The molecule has 0 spiro atoms. The molecule has 1 aromatic carbocycles. The molecule has 24 heavy (non-hydrogen) atoms. The highest BCUT2D eigenvalue weighted by atomic mass is 35.5. The van der Waals surface area contributed by atoms with Gasteiger partial charge in [0.1, 0.15) is 6.04 Å². The van der Waals surface area contributed by atoms with Gasteiger partial charge < -0.3 is 20.1 Å². The molecule has 0 fully saturated rings. The van der Waals surface area contributed by atoms with E-state index in [9.17, 15) is 9.59 Å². The summed E-state index contributed by atoms with van der Waals surface area (Å²) in [5.74, 6) is 0.238. The molecule has 0 radical (unpaired) electrons. The van der Waals surface area contributed by atoms with Gasteiger partial charge in [-0.3, -0.25) is 9.59 Å². The minimum atomic E-state index is -0.675. The molecule has 0 aromatic heterocycles. The highest BCUT2D eigenvalue weighted by Gasteiger charge is 2.23. The number of fused-ring (bicyclic) bond motifs is 1. The predicted molar refractivity (Wildman–Crippen MR) is 91.9 cm³/mol. The van der Waals surface area contributed by atoms with Crippen LogP contribution in [0.4, 0.5) is 0 Å². The molecule has 132 valence electrons. The number of hydrogen-bond acceptors (Lipinski definition) is 4. The topological polar surface area (TPSA) is 76.7 Å². The number of carbonyl (C=O) groups excluding carboxylic acids is 2. The van der Waals surface area contributed by atoms with Crippen LogP contribution in [0.1, 0.15) is 44.5 Å². The van der Waals surface area contributed by atoms with Crippen molar-refractivity contribution in [2.75, 3.05) is 13.2 Å². The normalized spacial score (nSPS) is 15.2. The van der Waals surface area contributed by atoms with Gasteiger partial charge in [-0.1, -0.05) is 11.6 Å². The Morgan fingerprint density at radius 1 is 1.21 bits per heavy atom. The number of carbonyl (C=O) groups is 2. The number of amides is 2. The van der Waals surface area contributed by atoms with Gasteiger partial charge in [0.25, 0.3) is 5.91 Å². The van der Waals surface area contributed by atoms with Crippen LogP contribution in [0.25, 0.3) is 0 Å². The summed E-state index contributed by atoms with van der Waals surface area (Å²) >= 11 is 6.19. The smallest absolute Gasteiger partial charge is 0.252 e. The van der Waals surface area contributed by atoms with Crippen LogP contribution < -0.4 is 20.1 Å². The van der Waals surface area contributed by atoms with E-state index in [-0.39, 0.29) is 11.4 Å². The third-order valence-corrected chi connectivity index (χ3v) is 3.58. The van der Waals surface area contributed by atoms with Gasteiger partial charge in [-0.05, 0) is 39.8 Å². The van der Waals surface area contributed by atoms with Crippen LogP contribution in [0.2, 0.25) is 5.02 Å². The van der Waals surface area contributed by atoms with E-state index in [2.05, 4.69) is 10.6 Å². The van der Waals surface area contributed by atoms with E-state index in [1.807, 2.05) is 20.8 Å². The van der Waals surface area contributed by atoms with Gasteiger partial charge in [0, 0.05) is 17.5 Å². The maximum Gasteiger partial charge on any atom is 0.252 e. The maximum absolute atomic E-state index is 12.4. The second-order valence-corrected chi connectivity index (χ2v) is 7.18. The Labute approximate surface area is 146 Å². The Balaban J connectivity index is 2.11. The van der Waals surface area contributed by atoms with Crippen LogP contribution >= 0.6 is 11.6 Å². The molecule has 0 aliphatic carbocycles. The van der Waals surface area contributed by atoms with E-state index in [4.69, 9.17) is 21.1 Å². The monoisotopic (exact) mass is 354 g/mol. The van der Waals surface area contributed by atoms with Crippen molar-refractivity contribution in [1.29, 1.82) is 0 Å². The fraction of sp³-hybridized carbons (Fsp3) is 0.529. The van der Waals surface area contributed by atoms with E-state index in [1.54, 1.807) is 13.0 Å². The minimum Gasteiger partial charge on any atom is -0.489 e. The Morgan fingerprint density at radius 3 is 2.54 bits per heavy atom. The van der Waals surface area contributed by atoms with E-state index < -0.39 is 11.9 Å². The molecule has 1 unspecified atom stereocenters. The van der Waals surface area contributed by atoms with E-state index >= 15 is 0 Å². The Kier molecular flexibility index (Phi) is 5.59. The van der Waals surface area contributed by atoms with Crippen molar-refractivity contribution in [3.63, 3.8) is 0 Å². The lowest BCUT2D eigenvalue weighted by Crippen LogP contribution is -2.50. The third kappa shape index (κ3) is 4.77. The molecule has 7 heteroatoms. The summed E-state index contributed by atoms with van der Waals surface area (Å²) in [5, 5.41) is 5.79. The molecule has 1 aliphatic heterocycles. The predicted octanol–water partition coefficient (Wildman–Crippen LogP) is 2.53. The average Bonchev–Trinajstić information content (AvgIpc) is 2.70. The van der Waals surface area contributed by atoms with Gasteiger partial charge in [0.2, 0.25) is 5.91 Å². The summed E-state index contributed by atoms with van der Waals surface area (Å²) in [6, 6.07) is 2.42. The number of hydrogen-bond donors (Lipinski definition) is 2. The lowest BCUT2D eigenvalue weighted by molar-refractivity contribution is -0.124. The Hall–Kier alpha value is -1.95. The number of benzene rings is 1. The molecule has 6 nitrogen and oxygen atoms in total. The van der Waals surface area contributed by atoms with E-state index in [0.29, 0.717) is 35.3 Å². The van der Waals surface area contributed by atoms with Crippen molar-refractivity contribution < 1.29 is 19.1 Å². The van der Waals surface area contributed by atoms with Gasteiger partial charge in [-0.25, -0.2) is 0 Å². The molecule has 0 saturated carbocycles. The molecule has 1 aliphatic rings. The third-order valence-electron chi connectivity index (χ3n) is 3.30. The quantitative estimate of drug-likeness (QED) is 0.874. The van der Waals surface area contributed by atoms with Crippen LogP contribution in [0, 0.1) is 0 Å². The van der Waals surface area contributed by atoms with Crippen LogP contribution in [-0.4, -0.2) is 36.6 Å². The van der Waals surface area contributed by atoms with Crippen molar-refractivity contribution in [3.05, 3.63) is 22.7 Å². The van der Waals surface area contributed by atoms with Gasteiger partial charge in [0.05, 0.1) is 18.2 Å². The van der Waals surface area contributed by atoms with Crippen LogP contribution in [0.15, 0.2) is 12.1 Å². The molecule has 2 rings (SSSR count). The van der Waals surface area contributed by atoms with Gasteiger partial charge >= 0.3 is 0 Å². The highest BCUT2D eigenvalue weighted by Crippen LogP contribution is 2.37. The Morgan fingerprint density at radius 2 is 1.88 bits per heavy atom. The zero-order chi connectivity index (χ0) is 17.9. The molecule has 1 heterocycles. The molecular weight excluding hydrogens is 332 g/mol. The van der Waals surface area contributed by atoms with Crippen molar-refractivity contribution in [2.24, 2.45) is 0 Å². The number of ether oxygens (including phenoxy) is 2. The summed E-state index contributed by atoms with van der Waals surface area (Å²) in [6.45, 7) is 8.28. The molecule has 2 N–H and O–H groups in total. The first-order valence-corrected chi connectivity index (χ1v) is 8.27. The first-order chi connectivity index (χ1) is 11.2. The van der Waals surface area contributed by atoms with Gasteiger partial charge in [0.15, 0.2) is 11.5 Å². The maximum atomic E-state index is 12.4. The van der Waals surface area contributed by atoms with Crippen LogP contribution in [-0.2, 0) is 4.79 Å². The molecule has 1 aromatic rings. The summed E-state index contributed by atoms with van der Waals surface area (Å²) < 4.78 is 11.1. The SMILES string of the molecule is CC(NC(=O)c1cc(Cl)c2c(c1)OCCCO2)C(=O)NC(C)(C)C. The summed E-state index contributed by atoms with van der Waals surface area (Å²) in [7, 11) is 0. The molecular formula is C17H23ClN2O4. The molecule has 1 atom stereocenters. The average molecular weight is 355 g/mol. The van der Waals surface area contributed by atoms with E-state index in [0.717, 1.165) is 6.42 Å². The van der Waals surface area contributed by atoms with E-state index in [1.165, 1.54) is 6.07 Å². The second-order valence-electron chi connectivity index (χ2n) is 6.77. The first-order valence-electron chi connectivity index (χ1n) is 7.89. The fourth-order valence-electron chi connectivity index (χ4n) is 2.19. The molecule has 0 bridgehead atoms. The molecule has 2 amide bonds. The largest absolute Gasteiger partial charge is 0.489 e. The summed E-state index contributed by atoms with van der Waals surface area (Å²) in [4.78, 5) is 24.5.